The highest BCUT2D eigenvalue weighted by Gasteiger charge is 2.24. The number of fused-ring (bicyclic) bond motifs is 1. The van der Waals surface area contributed by atoms with E-state index >= 15 is 0 Å². The number of anilines is 1. The molecular formula is C26H26FN5O2S. The molecule has 180 valence electrons. The zero-order valence-corrected chi connectivity index (χ0v) is 20.1. The van der Waals surface area contributed by atoms with Crippen LogP contribution in [0.15, 0.2) is 54.6 Å². The van der Waals surface area contributed by atoms with E-state index in [2.05, 4.69) is 15.3 Å². The highest BCUT2D eigenvalue weighted by atomic mass is 32.1. The summed E-state index contributed by atoms with van der Waals surface area (Å²) in [4.78, 5) is 28.1. The third kappa shape index (κ3) is 4.96. The lowest BCUT2D eigenvalue weighted by Crippen LogP contribution is -2.40. The van der Waals surface area contributed by atoms with Gasteiger partial charge in [0.2, 0.25) is 5.91 Å². The first-order valence-electron chi connectivity index (χ1n) is 11.5. The molecule has 1 saturated heterocycles. The van der Waals surface area contributed by atoms with Gasteiger partial charge in [-0.3, -0.25) is 14.5 Å². The zero-order valence-electron chi connectivity index (χ0n) is 19.3. The number of piperidine rings is 1. The Kier molecular flexibility index (Phi) is 6.36. The van der Waals surface area contributed by atoms with Crippen LogP contribution in [0.2, 0.25) is 0 Å². The molecule has 2 aromatic heterocycles. The largest absolute Gasteiger partial charge is 0.369 e. The third-order valence-corrected chi connectivity index (χ3v) is 7.47. The Bertz CT molecular complexity index is 1380. The number of rotatable bonds is 6. The molecule has 1 atom stereocenters. The summed E-state index contributed by atoms with van der Waals surface area (Å²) in [6.07, 6.45) is 1.82. The molecule has 35 heavy (non-hydrogen) atoms. The molecular weight excluding hydrogens is 465 g/mol. The van der Waals surface area contributed by atoms with Crippen molar-refractivity contribution >= 4 is 39.1 Å². The minimum atomic E-state index is -0.308. The molecule has 0 bridgehead atoms. The van der Waals surface area contributed by atoms with E-state index in [1.165, 1.54) is 23.5 Å². The van der Waals surface area contributed by atoms with E-state index in [4.69, 9.17) is 5.73 Å². The van der Waals surface area contributed by atoms with Crippen LogP contribution in [0.5, 0.6) is 0 Å². The lowest BCUT2D eigenvalue weighted by atomic mass is 9.97. The Balaban J connectivity index is 1.27. The predicted octanol–water partition coefficient (Wildman–Crippen LogP) is 4.48. The molecule has 2 amide bonds. The molecule has 3 heterocycles. The van der Waals surface area contributed by atoms with Crippen LogP contribution in [0.3, 0.4) is 0 Å². The molecule has 1 fully saturated rings. The van der Waals surface area contributed by atoms with Crippen molar-refractivity contribution in [3.05, 3.63) is 76.5 Å². The molecule has 3 N–H and O–H groups in total. The lowest BCUT2D eigenvalue weighted by molar-refractivity contribution is -0.123. The van der Waals surface area contributed by atoms with E-state index in [1.54, 1.807) is 16.8 Å². The molecule has 4 aromatic rings. The Labute approximate surface area is 206 Å². The van der Waals surface area contributed by atoms with Crippen molar-refractivity contribution in [1.82, 2.24) is 14.7 Å². The fraction of sp³-hybridized carbons (Fsp3) is 0.269. The number of hydrogen-bond acceptors (Lipinski definition) is 5. The first-order valence-corrected chi connectivity index (χ1v) is 12.4. The second kappa shape index (κ2) is 9.59. The minimum Gasteiger partial charge on any atom is -0.369 e. The standard InChI is InChI=1S/C26H26FN5O2S/c1-16-22-13-23(35-26(22)32(30-16)21-10-6-19(27)7-11-21)25(34)29-20-8-4-17(5-9-20)14-31-12-2-3-18(15-31)24(28)33/h4-11,13,18H,2-3,12,14-15H2,1H3,(H2,28,33)(H,29,34). The number of nitrogens with zero attached hydrogens (tertiary/aromatic N) is 3. The second-order valence-corrected chi connectivity index (χ2v) is 9.96. The maximum Gasteiger partial charge on any atom is 0.265 e. The summed E-state index contributed by atoms with van der Waals surface area (Å²) < 4.78 is 15.1. The number of nitrogens with one attached hydrogen (secondary N) is 1. The van der Waals surface area contributed by atoms with Gasteiger partial charge < -0.3 is 11.1 Å². The average molecular weight is 492 g/mol. The summed E-state index contributed by atoms with van der Waals surface area (Å²) in [5.74, 6) is -0.807. The minimum absolute atomic E-state index is 0.0811. The number of carbonyl (C=O) groups is 2. The Hall–Kier alpha value is -3.56. The number of aryl methyl sites for hydroxylation is 1. The molecule has 5 rings (SSSR count). The van der Waals surface area contributed by atoms with Gasteiger partial charge in [-0.15, -0.1) is 11.3 Å². The summed E-state index contributed by atoms with van der Waals surface area (Å²) in [5, 5.41) is 8.41. The van der Waals surface area contributed by atoms with Crippen molar-refractivity contribution in [2.45, 2.75) is 26.3 Å². The van der Waals surface area contributed by atoms with Gasteiger partial charge in [-0.2, -0.15) is 5.10 Å². The molecule has 9 heteroatoms. The fourth-order valence-electron chi connectivity index (χ4n) is 4.49. The fourth-order valence-corrected chi connectivity index (χ4v) is 5.57. The van der Waals surface area contributed by atoms with Crippen LogP contribution < -0.4 is 11.1 Å². The van der Waals surface area contributed by atoms with Crippen LogP contribution in [0.25, 0.3) is 15.9 Å². The van der Waals surface area contributed by atoms with Crippen LogP contribution in [-0.4, -0.2) is 39.6 Å². The molecule has 2 aromatic carbocycles. The van der Waals surface area contributed by atoms with Crippen molar-refractivity contribution in [3.8, 4) is 5.69 Å². The van der Waals surface area contributed by atoms with Crippen LogP contribution >= 0.6 is 11.3 Å². The van der Waals surface area contributed by atoms with E-state index in [9.17, 15) is 14.0 Å². The molecule has 1 unspecified atom stereocenters. The summed E-state index contributed by atoms with van der Waals surface area (Å²) >= 11 is 1.35. The number of aromatic nitrogens is 2. The molecule has 1 aliphatic heterocycles. The number of likely N-dealkylation sites (tertiary alicyclic amines) is 1. The number of thiophene rings is 1. The van der Waals surface area contributed by atoms with E-state index in [1.807, 2.05) is 37.3 Å². The number of carbonyl (C=O) groups excluding carboxylic acids is 2. The first kappa shape index (κ1) is 23.2. The molecule has 0 spiro atoms. The van der Waals surface area contributed by atoms with Crippen LogP contribution in [0.1, 0.15) is 33.8 Å². The number of primary amides is 1. The van der Waals surface area contributed by atoms with Crippen molar-refractivity contribution in [2.75, 3.05) is 18.4 Å². The monoisotopic (exact) mass is 491 g/mol. The zero-order chi connectivity index (χ0) is 24.5. The van der Waals surface area contributed by atoms with E-state index < -0.39 is 0 Å². The van der Waals surface area contributed by atoms with Gasteiger partial charge in [0.25, 0.3) is 5.91 Å². The van der Waals surface area contributed by atoms with E-state index in [0.29, 0.717) is 17.1 Å². The topological polar surface area (TPSA) is 93.2 Å². The van der Waals surface area contributed by atoms with Crippen molar-refractivity contribution in [1.29, 1.82) is 0 Å². The van der Waals surface area contributed by atoms with Gasteiger partial charge in [0.1, 0.15) is 10.6 Å². The number of nitrogens with two attached hydrogens (primary N) is 1. The Morgan fingerprint density at radius 1 is 1.17 bits per heavy atom. The quantitative estimate of drug-likeness (QED) is 0.416. The lowest BCUT2D eigenvalue weighted by Gasteiger charge is -2.31. The molecule has 0 radical (unpaired) electrons. The molecule has 7 nitrogen and oxygen atoms in total. The Morgan fingerprint density at radius 3 is 2.63 bits per heavy atom. The summed E-state index contributed by atoms with van der Waals surface area (Å²) in [5.41, 5.74) is 8.85. The van der Waals surface area contributed by atoms with Gasteiger partial charge >= 0.3 is 0 Å². The highest BCUT2D eigenvalue weighted by Crippen LogP contribution is 2.31. The van der Waals surface area contributed by atoms with E-state index in [-0.39, 0.29) is 23.5 Å². The number of hydrogen-bond donors (Lipinski definition) is 2. The van der Waals surface area contributed by atoms with Crippen molar-refractivity contribution in [3.63, 3.8) is 0 Å². The predicted molar refractivity (Wildman–Crippen MR) is 135 cm³/mol. The van der Waals surface area contributed by atoms with Gasteiger partial charge in [-0.25, -0.2) is 9.07 Å². The average Bonchev–Trinajstić information content (AvgIpc) is 3.42. The van der Waals surface area contributed by atoms with Gasteiger partial charge in [0, 0.05) is 24.2 Å². The summed E-state index contributed by atoms with van der Waals surface area (Å²) in [7, 11) is 0. The van der Waals surface area contributed by atoms with Crippen molar-refractivity contribution in [2.24, 2.45) is 11.7 Å². The van der Waals surface area contributed by atoms with Gasteiger partial charge in [0.15, 0.2) is 0 Å². The van der Waals surface area contributed by atoms with Crippen LogP contribution in [-0.2, 0) is 11.3 Å². The van der Waals surface area contributed by atoms with Gasteiger partial charge in [0.05, 0.1) is 22.2 Å². The number of amides is 2. The Morgan fingerprint density at radius 2 is 1.91 bits per heavy atom. The smallest absolute Gasteiger partial charge is 0.265 e. The maximum absolute atomic E-state index is 13.3. The summed E-state index contributed by atoms with van der Waals surface area (Å²) in [6, 6.07) is 15.7. The molecule has 0 aliphatic carbocycles. The highest BCUT2D eigenvalue weighted by molar-refractivity contribution is 7.20. The van der Waals surface area contributed by atoms with Crippen molar-refractivity contribution < 1.29 is 14.0 Å². The van der Waals surface area contributed by atoms with Crippen LogP contribution in [0, 0.1) is 18.7 Å². The maximum atomic E-state index is 13.3. The van der Waals surface area contributed by atoms with Crippen LogP contribution in [0.4, 0.5) is 10.1 Å². The molecule has 1 aliphatic rings. The number of benzene rings is 2. The summed E-state index contributed by atoms with van der Waals surface area (Å²) in [6.45, 7) is 4.27. The normalized spacial score (nSPS) is 16.5. The third-order valence-electron chi connectivity index (χ3n) is 6.37. The molecule has 0 saturated carbocycles. The number of halogens is 1. The first-order chi connectivity index (χ1) is 16.9. The van der Waals surface area contributed by atoms with Gasteiger partial charge in [-0.1, -0.05) is 12.1 Å². The van der Waals surface area contributed by atoms with E-state index in [0.717, 1.165) is 53.1 Å². The van der Waals surface area contributed by atoms with Gasteiger partial charge in [-0.05, 0) is 74.3 Å². The SMILES string of the molecule is Cc1nn(-c2ccc(F)cc2)c2sc(C(=O)Nc3ccc(CN4CCCC(C(N)=O)C4)cc3)cc12. The second-order valence-electron chi connectivity index (χ2n) is 8.93.